The number of nitrogens with zero attached hydrogens (tertiary/aromatic N) is 2. The van der Waals surface area contributed by atoms with Gasteiger partial charge in [-0.3, -0.25) is 9.98 Å². The number of aromatic nitrogens is 1. The van der Waals surface area contributed by atoms with Crippen LogP contribution in [0, 0.1) is 18.6 Å². The first kappa shape index (κ1) is 20.3. The molecule has 24 heavy (non-hydrogen) atoms. The first-order valence-electron chi connectivity index (χ1n) is 7.39. The molecule has 0 unspecified atom stereocenters. The van der Waals surface area contributed by atoms with Gasteiger partial charge in [-0.2, -0.15) is 0 Å². The molecule has 1 aromatic carbocycles. The van der Waals surface area contributed by atoms with Crippen LogP contribution in [-0.2, 0) is 13.0 Å². The molecular formula is C17H21F2IN4. The minimum atomic E-state index is -0.436. The quantitative estimate of drug-likeness (QED) is 0.422. The van der Waals surface area contributed by atoms with E-state index in [1.54, 1.807) is 13.2 Å². The molecule has 0 saturated carbocycles. The maximum atomic E-state index is 13.5. The topological polar surface area (TPSA) is 49.3 Å². The summed E-state index contributed by atoms with van der Waals surface area (Å²) in [5.41, 5.74) is 2.37. The molecule has 1 heterocycles. The van der Waals surface area contributed by atoms with E-state index >= 15 is 0 Å². The molecule has 7 heteroatoms. The van der Waals surface area contributed by atoms with Crippen molar-refractivity contribution in [1.29, 1.82) is 0 Å². The van der Waals surface area contributed by atoms with Gasteiger partial charge in [-0.05, 0) is 48.7 Å². The lowest BCUT2D eigenvalue weighted by molar-refractivity contribution is 0.583. The molecular weight excluding hydrogens is 425 g/mol. The highest BCUT2D eigenvalue weighted by atomic mass is 127. The summed E-state index contributed by atoms with van der Waals surface area (Å²) in [7, 11) is 1.66. The van der Waals surface area contributed by atoms with E-state index in [1.165, 1.54) is 6.07 Å². The van der Waals surface area contributed by atoms with Crippen LogP contribution in [0.15, 0.2) is 41.5 Å². The number of halogens is 3. The van der Waals surface area contributed by atoms with Crippen molar-refractivity contribution in [3.63, 3.8) is 0 Å². The van der Waals surface area contributed by atoms with Crippen molar-refractivity contribution in [3.8, 4) is 0 Å². The highest BCUT2D eigenvalue weighted by Crippen LogP contribution is 2.09. The van der Waals surface area contributed by atoms with Gasteiger partial charge in [-0.15, -0.1) is 24.0 Å². The van der Waals surface area contributed by atoms with Crippen molar-refractivity contribution in [2.75, 3.05) is 13.6 Å². The number of nitrogens with one attached hydrogen (secondary N) is 2. The van der Waals surface area contributed by atoms with E-state index in [0.29, 0.717) is 31.0 Å². The average molecular weight is 446 g/mol. The van der Waals surface area contributed by atoms with Crippen LogP contribution < -0.4 is 10.6 Å². The molecule has 0 aliphatic carbocycles. The Morgan fingerprint density at radius 2 is 2.00 bits per heavy atom. The van der Waals surface area contributed by atoms with Gasteiger partial charge in [-0.25, -0.2) is 8.78 Å². The van der Waals surface area contributed by atoms with Gasteiger partial charge in [0.1, 0.15) is 11.6 Å². The summed E-state index contributed by atoms with van der Waals surface area (Å²) in [6.45, 7) is 2.98. The second-order valence-corrected chi connectivity index (χ2v) is 5.11. The molecule has 0 spiro atoms. The zero-order valence-corrected chi connectivity index (χ0v) is 16.0. The minimum Gasteiger partial charge on any atom is -0.356 e. The lowest BCUT2D eigenvalue weighted by atomic mass is 10.1. The molecule has 2 rings (SSSR count). The van der Waals surface area contributed by atoms with Crippen LogP contribution in [0.1, 0.15) is 16.8 Å². The number of rotatable bonds is 5. The van der Waals surface area contributed by atoms with E-state index < -0.39 is 11.6 Å². The van der Waals surface area contributed by atoms with Crippen LogP contribution in [0.2, 0.25) is 0 Å². The van der Waals surface area contributed by atoms with Crippen molar-refractivity contribution in [1.82, 2.24) is 15.6 Å². The fraction of sp³-hybridized carbons (Fsp3) is 0.294. The minimum absolute atomic E-state index is 0. The third-order valence-electron chi connectivity index (χ3n) is 3.46. The molecule has 4 nitrogen and oxygen atoms in total. The Balaban J connectivity index is 0.00000288. The Kier molecular flexibility index (Phi) is 8.59. The van der Waals surface area contributed by atoms with Gasteiger partial charge in [0, 0.05) is 19.8 Å². The highest BCUT2D eigenvalue weighted by molar-refractivity contribution is 14.0. The molecule has 2 N–H and O–H groups in total. The smallest absolute Gasteiger partial charge is 0.191 e. The van der Waals surface area contributed by atoms with E-state index in [0.717, 1.165) is 23.4 Å². The molecule has 1 aromatic heterocycles. The van der Waals surface area contributed by atoms with E-state index in [9.17, 15) is 8.78 Å². The van der Waals surface area contributed by atoms with E-state index in [1.807, 2.05) is 19.1 Å². The summed E-state index contributed by atoms with van der Waals surface area (Å²) in [6, 6.07) is 7.35. The number of guanidine groups is 1. The summed E-state index contributed by atoms with van der Waals surface area (Å²) in [5, 5.41) is 6.22. The summed E-state index contributed by atoms with van der Waals surface area (Å²) >= 11 is 0. The van der Waals surface area contributed by atoms with Crippen molar-refractivity contribution in [2.45, 2.75) is 19.9 Å². The number of hydrogen-bond acceptors (Lipinski definition) is 2. The Morgan fingerprint density at radius 3 is 2.71 bits per heavy atom. The summed E-state index contributed by atoms with van der Waals surface area (Å²) in [4.78, 5) is 8.40. The summed E-state index contributed by atoms with van der Waals surface area (Å²) < 4.78 is 26.7. The van der Waals surface area contributed by atoms with Crippen LogP contribution in [0.5, 0.6) is 0 Å². The second kappa shape index (κ2) is 10.2. The molecule has 0 aliphatic heterocycles. The third-order valence-corrected chi connectivity index (χ3v) is 3.46. The molecule has 0 bridgehead atoms. The fourth-order valence-electron chi connectivity index (χ4n) is 2.14. The normalized spacial score (nSPS) is 10.9. The number of hydrogen-bond donors (Lipinski definition) is 2. The summed E-state index contributed by atoms with van der Waals surface area (Å²) in [5.74, 6) is -0.248. The Bertz CT molecular complexity index is 692. The zero-order valence-electron chi connectivity index (χ0n) is 13.6. The number of aryl methyl sites for hydroxylation is 1. The number of benzene rings is 1. The van der Waals surface area contributed by atoms with Gasteiger partial charge in [0.25, 0.3) is 0 Å². The van der Waals surface area contributed by atoms with Gasteiger partial charge in [-0.1, -0.05) is 6.07 Å². The van der Waals surface area contributed by atoms with Crippen LogP contribution >= 0.6 is 24.0 Å². The number of pyridine rings is 1. The molecule has 0 fully saturated rings. The maximum Gasteiger partial charge on any atom is 0.191 e. The molecule has 0 aliphatic rings. The van der Waals surface area contributed by atoms with Crippen molar-refractivity contribution < 1.29 is 8.78 Å². The standard InChI is InChI=1S/C17H20F2N4.HI/c1-12-4-3-8-21-16(12)11-23-17(20-2)22-9-7-13-10-14(18)5-6-15(13)19;/h3-6,8,10H,7,9,11H2,1-2H3,(H2,20,22,23);1H. The van der Waals surface area contributed by atoms with Gasteiger partial charge < -0.3 is 10.6 Å². The van der Waals surface area contributed by atoms with Gasteiger partial charge in [0.15, 0.2) is 5.96 Å². The van der Waals surface area contributed by atoms with Crippen LogP contribution in [-0.4, -0.2) is 24.5 Å². The molecule has 0 saturated heterocycles. The van der Waals surface area contributed by atoms with E-state index in [2.05, 4.69) is 20.6 Å². The van der Waals surface area contributed by atoms with Gasteiger partial charge >= 0.3 is 0 Å². The Labute approximate surface area is 157 Å². The predicted molar refractivity (Wildman–Crippen MR) is 103 cm³/mol. The Hall–Kier alpha value is -1.77. The fourth-order valence-corrected chi connectivity index (χ4v) is 2.14. The molecule has 130 valence electrons. The van der Waals surface area contributed by atoms with Crippen molar-refractivity contribution >= 4 is 29.9 Å². The Morgan fingerprint density at radius 1 is 1.21 bits per heavy atom. The summed E-state index contributed by atoms with van der Waals surface area (Å²) in [6.07, 6.45) is 2.11. The molecule has 0 amide bonds. The number of aliphatic imine (C=N–C) groups is 1. The lowest BCUT2D eigenvalue weighted by Gasteiger charge is -2.12. The SMILES string of the molecule is CN=C(NCCc1cc(F)ccc1F)NCc1ncccc1C.I. The average Bonchev–Trinajstić information content (AvgIpc) is 2.55. The first-order valence-corrected chi connectivity index (χ1v) is 7.39. The molecule has 2 aromatic rings. The third kappa shape index (κ3) is 6.03. The van der Waals surface area contributed by atoms with Crippen molar-refractivity contribution in [3.05, 3.63) is 65.0 Å². The van der Waals surface area contributed by atoms with Crippen molar-refractivity contribution in [2.24, 2.45) is 4.99 Å². The highest BCUT2D eigenvalue weighted by Gasteiger charge is 2.05. The van der Waals surface area contributed by atoms with E-state index in [-0.39, 0.29) is 24.0 Å². The maximum absolute atomic E-state index is 13.5. The monoisotopic (exact) mass is 446 g/mol. The van der Waals surface area contributed by atoms with Gasteiger partial charge in [0.05, 0.1) is 12.2 Å². The van der Waals surface area contributed by atoms with Crippen LogP contribution in [0.4, 0.5) is 8.78 Å². The van der Waals surface area contributed by atoms with Gasteiger partial charge in [0.2, 0.25) is 0 Å². The second-order valence-electron chi connectivity index (χ2n) is 5.11. The molecule has 0 atom stereocenters. The first-order chi connectivity index (χ1) is 11.1. The van der Waals surface area contributed by atoms with Crippen LogP contribution in [0.3, 0.4) is 0 Å². The molecule has 0 radical (unpaired) electrons. The van der Waals surface area contributed by atoms with E-state index in [4.69, 9.17) is 0 Å². The lowest BCUT2D eigenvalue weighted by Crippen LogP contribution is -2.38. The largest absolute Gasteiger partial charge is 0.356 e. The zero-order chi connectivity index (χ0) is 16.7. The van der Waals surface area contributed by atoms with Crippen LogP contribution in [0.25, 0.3) is 0 Å². The predicted octanol–water partition coefficient (Wildman–Crippen LogP) is 3.19.